The van der Waals surface area contributed by atoms with Gasteiger partial charge >= 0.3 is 0 Å². The maximum Gasteiger partial charge on any atom is 0.263 e. The lowest BCUT2D eigenvalue weighted by molar-refractivity contribution is -0.129. The number of rotatable bonds is 8. The summed E-state index contributed by atoms with van der Waals surface area (Å²) in [5.41, 5.74) is 2.29. The lowest BCUT2D eigenvalue weighted by Gasteiger charge is -2.26. The topological polar surface area (TPSA) is 89.3 Å². The summed E-state index contributed by atoms with van der Waals surface area (Å²) >= 11 is 2.91. The van der Waals surface area contributed by atoms with E-state index in [1.54, 1.807) is 20.8 Å². The van der Waals surface area contributed by atoms with Gasteiger partial charge in [-0.2, -0.15) is 0 Å². The van der Waals surface area contributed by atoms with Crippen LogP contribution in [0.1, 0.15) is 42.7 Å². The predicted molar refractivity (Wildman–Crippen MR) is 150 cm³/mol. The molecule has 3 aromatic rings. The Labute approximate surface area is 226 Å². The fourth-order valence-corrected chi connectivity index (χ4v) is 9.53. The van der Waals surface area contributed by atoms with Gasteiger partial charge in [0.2, 0.25) is 5.91 Å². The Kier molecular flexibility index (Phi) is 7.79. The maximum absolute atomic E-state index is 13.9. The third-order valence-corrected chi connectivity index (χ3v) is 11.3. The Morgan fingerprint density at radius 3 is 2.73 bits per heavy atom. The normalized spacial score (nSPS) is 20.7. The van der Waals surface area contributed by atoms with Crippen LogP contribution in [-0.2, 0) is 40.4 Å². The molecule has 0 N–H and O–H groups in total. The Balaban J connectivity index is 1.44. The van der Waals surface area contributed by atoms with Crippen molar-refractivity contribution in [3.8, 4) is 0 Å². The Bertz CT molecular complexity index is 1460. The molecule has 0 spiro atoms. The molecule has 3 heterocycles. The first-order valence-corrected chi connectivity index (χ1v) is 16.6. The van der Waals surface area contributed by atoms with Gasteiger partial charge in [0.15, 0.2) is 15.0 Å². The molecule has 1 aromatic carbocycles. The first-order chi connectivity index (χ1) is 17.8. The minimum atomic E-state index is -3.08. The van der Waals surface area contributed by atoms with Gasteiger partial charge in [-0.3, -0.25) is 14.2 Å². The molecule has 1 fully saturated rings. The summed E-state index contributed by atoms with van der Waals surface area (Å²) in [5.74, 6) is 0.774. The number of benzene rings is 1. The molecule has 0 saturated carbocycles. The van der Waals surface area contributed by atoms with Crippen LogP contribution < -0.4 is 5.56 Å². The van der Waals surface area contributed by atoms with Gasteiger partial charge < -0.3 is 4.90 Å². The van der Waals surface area contributed by atoms with Gasteiger partial charge in [-0.25, -0.2) is 13.4 Å². The van der Waals surface area contributed by atoms with Gasteiger partial charge in [-0.15, -0.1) is 11.3 Å². The van der Waals surface area contributed by atoms with Crippen molar-refractivity contribution in [1.29, 1.82) is 0 Å². The number of aromatic nitrogens is 2. The van der Waals surface area contributed by atoms with Crippen molar-refractivity contribution in [2.75, 3.05) is 23.8 Å². The summed E-state index contributed by atoms with van der Waals surface area (Å²) < 4.78 is 25.7. The van der Waals surface area contributed by atoms with E-state index in [0.29, 0.717) is 37.0 Å². The average Bonchev–Trinajstić information content (AvgIpc) is 3.42. The van der Waals surface area contributed by atoms with E-state index < -0.39 is 9.84 Å². The fraction of sp³-hybridized carbons (Fsp3) is 0.519. The van der Waals surface area contributed by atoms with Crippen LogP contribution in [0.2, 0.25) is 0 Å². The summed E-state index contributed by atoms with van der Waals surface area (Å²) in [5, 5.41) is 1.31. The molecule has 1 aliphatic heterocycles. The molecule has 1 aliphatic carbocycles. The second kappa shape index (κ2) is 10.9. The van der Waals surface area contributed by atoms with Crippen molar-refractivity contribution in [3.63, 3.8) is 0 Å². The highest BCUT2D eigenvalue weighted by molar-refractivity contribution is 7.99. The molecule has 37 heavy (non-hydrogen) atoms. The van der Waals surface area contributed by atoms with E-state index in [2.05, 4.69) is 19.1 Å². The number of thiophene rings is 1. The van der Waals surface area contributed by atoms with Crippen molar-refractivity contribution in [3.05, 3.63) is 56.7 Å². The number of amides is 1. The van der Waals surface area contributed by atoms with E-state index in [-0.39, 0.29) is 34.8 Å². The van der Waals surface area contributed by atoms with E-state index in [0.717, 1.165) is 40.6 Å². The fourth-order valence-electron chi connectivity index (χ4n) is 5.47. The monoisotopic (exact) mass is 559 g/mol. The number of aryl methyl sites for hydroxylation is 2. The van der Waals surface area contributed by atoms with Crippen LogP contribution in [0.3, 0.4) is 0 Å². The lowest BCUT2D eigenvalue weighted by Crippen LogP contribution is -2.42. The van der Waals surface area contributed by atoms with E-state index in [4.69, 9.17) is 4.98 Å². The smallest absolute Gasteiger partial charge is 0.263 e. The highest BCUT2D eigenvalue weighted by Gasteiger charge is 2.34. The van der Waals surface area contributed by atoms with Crippen LogP contribution in [0, 0.1) is 5.92 Å². The number of hydrogen-bond acceptors (Lipinski definition) is 7. The van der Waals surface area contributed by atoms with Crippen LogP contribution in [0.5, 0.6) is 0 Å². The van der Waals surface area contributed by atoms with Crippen molar-refractivity contribution in [1.82, 2.24) is 14.5 Å². The molecular weight excluding hydrogens is 527 g/mol. The van der Waals surface area contributed by atoms with Crippen LogP contribution in [0.25, 0.3) is 10.2 Å². The maximum atomic E-state index is 13.9. The van der Waals surface area contributed by atoms with Gasteiger partial charge in [-0.1, -0.05) is 49.0 Å². The standard InChI is InChI=1S/C27H33N3O4S3/c1-3-29(20-12-14-37(33,34)17-20)23(31)16-35-27-28-25-24(21-10-9-18(2)15-22(21)36-25)26(32)30(27)13-11-19-7-5-4-6-8-19/h4-8,18,20H,3,9-17H2,1-2H3/t18-,20+/m1/s1. The number of carbonyl (C=O) groups excluding carboxylic acids is 1. The highest BCUT2D eigenvalue weighted by Crippen LogP contribution is 2.36. The summed E-state index contributed by atoms with van der Waals surface area (Å²) in [6.45, 7) is 5.08. The van der Waals surface area contributed by atoms with Gasteiger partial charge in [-0.05, 0) is 56.1 Å². The SMILES string of the molecule is CCN(C(=O)CSc1nc2sc3c(c2c(=O)n1CCc1ccccc1)CC[C@@H](C)C3)[C@H]1CCS(=O)(=O)C1. The Morgan fingerprint density at radius 1 is 1.24 bits per heavy atom. The van der Waals surface area contributed by atoms with E-state index >= 15 is 0 Å². The summed E-state index contributed by atoms with van der Waals surface area (Å²) in [7, 11) is -3.08. The van der Waals surface area contributed by atoms with Gasteiger partial charge in [0.1, 0.15) is 4.83 Å². The number of sulfone groups is 1. The largest absolute Gasteiger partial charge is 0.338 e. The zero-order chi connectivity index (χ0) is 26.2. The van der Waals surface area contributed by atoms with Crippen molar-refractivity contribution >= 4 is 49.1 Å². The molecule has 2 atom stereocenters. The molecule has 0 radical (unpaired) electrons. The average molecular weight is 560 g/mol. The van der Waals surface area contributed by atoms with E-state index in [9.17, 15) is 18.0 Å². The second-order valence-electron chi connectivity index (χ2n) is 10.1. The molecule has 198 valence electrons. The van der Waals surface area contributed by atoms with E-state index in [1.807, 2.05) is 25.1 Å². The predicted octanol–water partition coefficient (Wildman–Crippen LogP) is 3.95. The molecule has 7 nitrogen and oxygen atoms in total. The van der Waals surface area contributed by atoms with Crippen LogP contribution in [0.4, 0.5) is 0 Å². The molecule has 0 bridgehead atoms. The van der Waals surface area contributed by atoms with Crippen molar-refractivity contribution in [2.24, 2.45) is 5.92 Å². The molecular formula is C27H33N3O4S3. The lowest BCUT2D eigenvalue weighted by atomic mass is 9.89. The molecule has 2 aromatic heterocycles. The molecule has 1 saturated heterocycles. The summed E-state index contributed by atoms with van der Waals surface area (Å²) in [6.07, 6.45) is 4.15. The van der Waals surface area contributed by atoms with Crippen molar-refractivity contribution in [2.45, 2.75) is 63.7 Å². The van der Waals surface area contributed by atoms with E-state index in [1.165, 1.54) is 16.6 Å². The molecule has 2 aliphatic rings. The third kappa shape index (κ3) is 5.66. The zero-order valence-corrected chi connectivity index (χ0v) is 23.8. The quantitative estimate of drug-likeness (QED) is 0.307. The molecule has 0 unspecified atom stereocenters. The summed E-state index contributed by atoms with van der Waals surface area (Å²) in [4.78, 5) is 35.7. The molecule has 1 amide bonds. The molecule has 5 rings (SSSR count). The molecule has 10 heteroatoms. The number of nitrogens with zero attached hydrogens (tertiary/aromatic N) is 3. The highest BCUT2D eigenvalue weighted by atomic mass is 32.2. The summed E-state index contributed by atoms with van der Waals surface area (Å²) in [6, 6.07) is 9.79. The Hall–Kier alpha value is -2.17. The number of hydrogen-bond donors (Lipinski definition) is 0. The van der Waals surface area contributed by atoms with Crippen molar-refractivity contribution < 1.29 is 13.2 Å². The second-order valence-corrected chi connectivity index (χ2v) is 14.4. The number of thioether (sulfide) groups is 1. The minimum absolute atomic E-state index is 0.0165. The zero-order valence-electron chi connectivity index (χ0n) is 21.3. The van der Waals surface area contributed by atoms with Gasteiger partial charge in [0.05, 0.1) is 22.6 Å². The Morgan fingerprint density at radius 2 is 2.03 bits per heavy atom. The van der Waals surface area contributed by atoms with Crippen LogP contribution in [-0.4, -0.2) is 58.6 Å². The van der Waals surface area contributed by atoms with Gasteiger partial charge in [0, 0.05) is 24.0 Å². The number of carbonyl (C=O) groups is 1. The van der Waals surface area contributed by atoms with Gasteiger partial charge in [0.25, 0.3) is 5.56 Å². The first kappa shape index (κ1) is 26.4. The first-order valence-electron chi connectivity index (χ1n) is 13.0. The van der Waals surface area contributed by atoms with Crippen LogP contribution in [0.15, 0.2) is 40.3 Å². The van der Waals surface area contributed by atoms with Crippen LogP contribution >= 0.6 is 23.1 Å². The minimum Gasteiger partial charge on any atom is -0.338 e. The third-order valence-electron chi connectivity index (χ3n) is 7.48. The number of fused-ring (bicyclic) bond motifs is 3.